The Balaban J connectivity index is 2.61. The van der Waals surface area contributed by atoms with Crippen molar-refractivity contribution in [2.45, 2.75) is 32.2 Å². The summed E-state index contributed by atoms with van der Waals surface area (Å²) in [5.74, 6) is -1.72. The van der Waals surface area contributed by atoms with Gasteiger partial charge >= 0.3 is 5.97 Å². The van der Waals surface area contributed by atoms with Crippen LogP contribution in [0.3, 0.4) is 0 Å². The number of aliphatic carboxylic acids is 1. The fourth-order valence-electron chi connectivity index (χ4n) is 1.69. The number of carbonyl (C=O) groups excluding carboxylic acids is 1. The van der Waals surface area contributed by atoms with E-state index >= 15 is 0 Å². The highest BCUT2D eigenvalue weighted by Gasteiger charge is 2.21. The molecule has 0 aliphatic heterocycles. The summed E-state index contributed by atoms with van der Waals surface area (Å²) >= 11 is 5.77. The van der Waals surface area contributed by atoms with Crippen molar-refractivity contribution in [3.63, 3.8) is 0 Å². The van der Waals surface area contributed by atoms with Crippen LogP contribution in [0.4, 0.5) is 5.69 Å². The lowest BCUT2D eigenvalue weighted by Gasteiger charge is -2.14. The van der Waals surface area contributed by atoms with E-state index in [-0.39, 0.29) is 17.9 Å². The number of amides is 1. The number of phenolic OH excluding ortho intramolecular Hbond substituents is 1. The Morgan fingerprint density at radius 2 is 2.10 bits per heavy atom. The topological polar surface area (TPSA) is 98.7 Å². The molecule has 1 amide bonds. The monoisotopic (exact) mass is 314 g/mol. The van der Waals surface area contributed by atoms with Gasteiger partial charge in [0, 0.05) is 5.02 Å². The third kappa shape index (κ3) is 6.01. The van der Waals surface area contributed by atoms with E-state index < -0.39 is 17.9 Å². The number of aromatic hydroxyl groups is 1. The minimum absolute atomic E-state index is 0.126. The first-order valence-electron chi connectivity index (χ1n) is 6.68. The molecule has 6 nitrogen and oxygen atoms in total. The van der Waals surface area contributed by atoms with Crippen LogP contribution in [-0.2, 0) is 9.59 Å². The second-order valence-corrected chi connectivity index (χ2v) is 5.05. The molecule has 21 heavy (non-hydrogen) atoms. The number of halogens is 1. The molecule has 4 N–H and O–H groups in total. The van der Waals surface area contributed by atoms with Crippen molar-refractivity contribution in [3.05, 3.63) is 23.2 Å². The second-order valence-electron chi connectivity index (χ2n) is 4.61. The van der Waals surface area contributed by atoms with Crippen molar-refractivity contribution in [3.8, 4) is 5.75 Å². The van der Waals surface area contributed by atoms with E-state index in [9.17, 15) is 14.7 Å². The minimum Gasteiger partial charge on any atom is -0.506 e. The van der Waals surface area contributed by atoms with E-state index in [2.05, 4.69) is 10.6 Å². The number of unbranched alkanes of at least 4 members (excludes halogenated alkanes) is 1. The number of nitrogens with one attached hydrogen (secondary N) is 2. The molecule has 0 radical (unpaired) electrons. The number of hydrogen-bond donors (Lipinski definition) is 4. The summed E-state index contributed by atoms with van der Waals surface area (Å²) in [6.07, 6.45) is 1.54. The first-order valence-corrected chi connectivity index (χ1v) is 7.06. The Morgan fingerprint density at radius 3 is 2.71 bits per heavy atom. The predicted molar refractivity (Wildman–Crippen MR) is 80.7 cm³/mol. The molecule has 1 rings (SSSR count). The van der Waals surface area contributed by atoms with Crippen molar-refractivity contribution in [2.75, 3.05) is 11.9 Å². The van der Waals surface area contributed by atoms with E-state index in [0.717, 1.165) is 12.8 Å². The van der Waals surface area contributed by atoms with Crippen LogP contribution >= 0.6 is 11.6 Å². The highest BCUT2D eigenvalue weighted by Crippen LogP contribution is 2.26. The minimum atomic E-state index is -1.09. The number of benzene rings is 1. The van der Waals surface area contributed by atoms with E-state index in [1.165, 1.54) is 18.2 Å². The maximum Gasteiger partial charge on any atom is 0.321 e. The molecule has 0 saturated carbocycles. The molecular weight excluding hydrogens is 296 g/mol. The van der Waals surface area contributed by atoms with Crippen molar-refractivity contribution in [2.24, 2.45) is 0 Å². The molecule has 0 aliphatic carbocycles. The zero-order valence-corrected chi connectivity index (χ0v) is 12.5. The molecule has 7 heteroatoms. The fourth-order valence-corrected chi connectivity index (χ4v) is 1.87. The van der Waals surface area contributed by atoms with Gasteiger partial charge in [-0.05, 0) is 31.2 Å². The van der Waals surface area contributed by atoms with Crippen LogP contribution < -0.4 is 10.6 Å². The summed E-state index contributed by atoms with van der Waals surface area (Å²) in [7, 11) is 0. The molecule has 0 aliphatic rings. The van der Waals surface area contributed by atoms with Gasteiger partial charge in [-0.15, -0.1) is 0 Å². The van der Waals surface area contributed by atoms with E-state index in [1.807, 2.05) is 6.92 Å². The number of rotatable bonds is 8. The maximum atomic E-state index is 11.9. The highest BCUT2D eigenvalue weighted by molar-refractivity contribution is 6.31. The van der Waals surface area contributed by atoms with Crippen molar-refractivity contribution < 1.29 is 19.8 Å². The van der Waals surface area contributed by atoms with E-state index in [1.54, 1.807) is 0 Å². The Bertz CT molecular complexity index is 508. The van der Waals surface area contributed by atoms with Crippen LogP contribution in [-0.4, -0.2) is 34.7 Å². The molecule has 0 aromatic heterocycles. The number of carbonyl (C=O) groups is 2. The van der Waals surface area contributed by atoms with Crippen molar-refractivity contribution in [1.29, 1.82) is 0 Å². The van der Waals surface area contributed by atoms with Crippen molar-refractivity contribution >= 4 is 29.2 Å². The van der Waals surface area contributed by atoms with Gasteiger partial charge in [0.15, 0.2) is 0 Å². The van der Waals surface area contributed by atoms with Crippen LogP contribution in [0, 0.1) is 0 Å². The van der Waals surface area contributed by atoms with Gasteiger partial charge in [-0.3, -0.25) is 9.59 Å². The summed E-state index contributed by atoms with van der Waals surface area (Å²) in [6, 6.07) is 3.28. The lowest BCUT2D eigenvalue weighted by Crippen LogP contribution is -2.40. The smallest absolute Gasteiger partial charge is 0.321 e. The van der Waals surface area contributed by atoms with Gasteiger partial charge in [0.2, 0.25) is 5.91 Å². The quantitative estimate of drug-likeness (QED) is 0.435. The van der Waals surface area contributed by atoms with Crippen LogP contribution in [0.15, 0.2) is 18.2 Å². The van der Waals surface area contributed by atoms with Crippen LogP contribution in [0.2, 0.25) is 5.02 Å². The van der Waals surface area contributed by atoms with Crippen LogP contribution in [0.5, 0.6) is 5.75 Å². The molecule has 0 unspecified atom stereocenters. The normalized spacial score (nSPS) is 11.9. The summed E-state index contributed by atoms with van der Waals surface area (Å²) < 4.78 is 0. The average Bonchev–Trinajstić information content (AvgIpc) is 2.42. The van der Waals surface area contributed by atoms with Gasteiger partial charge in [-0.25, -0.2) is 0 Å². The summed E-state index contributed by atoms with van der Waals surface area (Å²) in [5, 5.41) is 24.3. The summed E-state index contributed by atoms with van der Waals surface area (Å²) in [4.78, 5) is 22.9. The van der Waals surface area contributed by atoms with Gasteiger partial charge in [0.05, 0.1) is 12.1 Å². The van der Waals surface area contributed by atoms with E-state index in [0.29, 0.717) is 11.6 Å². The van der Waals surface area contributed by atoms with Gasteiger partial charge in [-0.1, -0.05) is 24.9 Å². The molecule has 0 spiro atoms. The highest BCUT2D eigenvalue weighted by atomic mass is 35.5. The first-order chi connectivity index (χ1) is 9.93. The molecule has 0 fully saturated rings. The third-order valence-corrected chi connectivity index (χ3v) is 3.08. The van der Waals surface area contributed by atoms with Gasteiger partial charge in [-0.2, -0.15) is 0 Å². The Kier molecular flexibility index (Phi) is 6.98. The predicted octanol–water partition coefficient (Wildman–Crippen LogP) is 2.22. The maximum absolute atomic E-state index is 11.9. The lowest BCUT2D eigenvalue weighted by molar-refractivity contribution is -0.141. The standard InChI is InChI=1S/C14H19ClN2O4/c1-2-3-6-16-11(14(20)21)8-13(19)17-10-7-9(15)4-5-12(10)18/h4-5,7,11,16,18H,2-3,6,8H2,1H3,(H,17,19)(H,20,21)/t11-/m1/s1. The van der Waals surface area contributed by atoms with Crippen LogP contribution in [0.25, 0.3) is 0 Å². The number of carboxylic acids is 1. The van der Waals surface area contributed by atoms with Gasteiger partial charge in [0.25, 0.3) is 0 Å². The zero-order valence-electron chi connectivity index (χ0n) is 11.7. The largest absolute Gasteiger partial charge is 0.506 e. The molecule has 0 saturated heterocycles. The summed E-state index contributed by atoms with van der Waals surface area (Å²) in [5.41, 5.74) is 0.158. The molecule has 116 valence electrons. The molecule has 1 aromatic carbocycles. The number of phenols is 1. The Morgan fingerprint density at radius 1 is 1.38 bits per heavy atom. The number of anilines is 1. The molecule has 1 aromatic rings. The Labute approximate surface area is 128 Å². The van der Waals surface area contributed by atoms with Gasteiger partial charge < -0.3 is 20.8 Å². The first kappa shape index (κ1) is 17.3. The fraction of sp³-hybridized carbons (Fsp3) is 0.429. The third-order valence-electron chi connectivity index (χ3n) is 2.84. The molecule has 0 heterocycles. The van der Waals surface area contributed by atoms with E-state index in [4.69, 9.17) is 16.7 Å². The number of carboxylic acid groups (broad SMARTS) is 1. The Hall–Kier alpha value is -1.79. The van der Waals surface area contributed by atoms with Crippen molar-refractivity contribution in [1.82, 2.24) is 5.32 Å². The lowest BCUT2D eigenvalue weighted by atomic mass is 10.2. The average molecular weight is 315 g/mol. The summed E-state index contributed by atoms with van der Waals surface area (Å²) in [6.45, 7) is 2.52. The van der Waals surface area contributed by atoms with Gasteiger partial charge in [0.1, 0.15) is 11.8 Å². The molecular formula is C14H19ClN2O4. The second kappa shape index (κ2) is 8.49. The SMILES string of the molecule is CCCCN[C@H](CC(=O)Nc1cc(Cl)ccc1O)C(=O)O. The van der Waals surface area contributed by atoms with Crippen LogP contribution in [0.1, 0.15) is 26.2 Å². The zero-order chi connectivity index (χ0) is 15.8. The molecule has 0 bridgehead atoms. The molecule has 1 atom stereocenters. The number of hydrogen-bond acceptors (Lipinski definition) is 4.